The Morgan fingerprint density at radius 2 is 1.94 bits per heavy atom. The highest BCUT2D eigenvalue weighted by Gasteiger charge is 2.31. The molecule has 0 bridgehead atoms. The van der Waals surface area contributed by atoms with Crippen LogP contribution < -0.4 is 0 Å². The van der Waals surface area contributed by atoms with E-state index in [1.807, 2.05) is 6.92 Å². The maximum absolute atomic E-state index is 11.6. The molecule has 1 fully saturated rings. The van der Waals surface area contributed by atoms with Crippen molar-refractivity contribution in [2.45, 2.75) is 58.3 Å². The molecule has 1 aliphatic rings. The van der Waals surface area contributed by atoms with E-state index >= 15 is 0 Å². The van der Waals surface area contributed by atoms with Crippen LogP contribution in [0.2, 0.25) is 0 Å². The van der Waals surface area contributed by atoms with Crippen LogP contribution in [0.4, 0.5) is 0 Å². The van der Waals surface area contributed by atoms with Gasteiger partial charge in [-0.05, 0) is 25.2 Å². The van der Waals surface area contributed by atoms with Crippen LogP contribution in [0, 0.1) is 11.8 Å². The molecule has 1 rings (SSSR count). The highest BCUT2D eigenvalue weighted by atomic mass is 16.5. The van der Waals surface area contributed by atoms with E-state index in [1.54, 1.807) is 0 Å². The zero-order valence-corrected chi connectivity index (χ0v) is 11.2. The van der Waals surface area contributed by atoms with Crippen molar-refractivity contribution >= 4 is 11.9 Å². The minimum Gasteiger partial charge on any atom is -0.481 e. The minimum absolute atomic E-state index is 0.0315. The Morgan fingerprint density at radius 1 is 1.28 bits per heavy atom. The smallest absolute Gasteiger partial charge is 0.307 e. The lowest BCUT2D eigenvalue weighted by Crippen LogP contribution is -2.28. The van der Waals surface area contributed by atoms with Gasteiger partial charge in [-0.1, -0.05) is 32.6 Å². The number of hydrogen-bond acceptors (Lipinski definition) is 3. The summed E-state index contributed by atoms with van der Waals surface area (Å²) in [5.74, 6) is -1.62. The third-order valence-corrected chi connectivity index (χ3v) is 3.68. The fourth-order valence-electron chi connectivity index (χ4n) is 2.56. The van der Waals surface area contributed by atoms with Crippen molar-refractivity contribution < 1.29 is 19.4 Å². The number of carbonyl (C=O) groups is 2. The molecule has 0 aromatic carbocycles. The second-order valence-electron chi connectivity index (χ2n) is 5.12. The Hall–Kier alpha value is -1.06. The molecule has 104 valence electrons. The highest BCUT2D eigenvalue weighted by Crippen LogP contribution is 2.32. The summed E-state index contributed by atoms with van der Waals surface area (Å²) in [5, 5.41) is 9.24. The number of carbonyl (C=O) groups excluding carboxylic acids is 1. The number of ether oxygens (including phenoxy) is 1. The zero-order chi connectivity index (χ0) is 13.4. The molecule has 1 saturated carbocycles. The van der Waals surface area contributed by atoms with Gasteiger partial charge in [0.25, 0.3) is 0 Å². The van der Waals surface area contributed by atoms with Gasteiger partial charge in [0.1, 0.15) is 0 Å². The molecule has 1 atom stereocenters. The molecule has 0 aromatic heterocycles. The third kappa shape index (κ3) is 5.07. The molecule has 1 aliphatic carbocycles. The number of unbranched alkanes of at least 4 members (excludes halogenated alkanes) is 1. The van der Waals surface area contributed by atoms with Crippen LogP contribution in [0.3, 0.4) is 0 Å². The zero-order valence-electron chi connectivity index (χ0n) is 11.2. The molecule has 1 unspecified atom stereocenters. The van der Waals surface area contributed by atoms with Gasteiger partial charge in [-0.15, -0.1) is 0 Å². The van der Waals surface area contributed by atoms with Crippen LogP contribution in [0.15, 0.2) is 0 Å². The Kier molecular flexibility index (Phi) is 6.76. The summed E-state index contributed by atoms with van der Waals surface area (Å²) >= 11 is 0. The Balaban J connectivity index is 2.41. The van der Waals surface area contributed by atoms with E-state index in [2.05, 4.69) is 0 Å². The average Bonchev–Trinajstić information content (AvgIpc) is 2.37. The van der Waals surface area contributed by atoms with Gasteiger partial charge < -0.3 is 9.84 Å². The molecule has 1 N–H and O–H groups in total. The van der Waals surface area contributed by atoms with Gasteiger partial charge in [0.2, 0.25) is 0 Å². The van der Waals surface area contributed by atoms with Gasteiger partial charge in [-0.3, -0.25) is 9.59 Å². The van der Waals surface area contributed by atoms with Crippen molar-refractivity contribution in [1.29, 1.82) is 0 Å². The van der Waals surface area contributed by atoms with Gasteiger partial charge in [0.15, 0.2) is 0 Å². The van der Waals surface area contributed by atoms with E-state index in [9.17, 15) is 14.7 Å². The normalized spacial score (nSPS) is 18.3. The fraction of sp³-hybridized carbons (Fsp3) is 0.857. The lowest BCUT2D eigenvalue weighted by atomic mass is 9.78. The van der Waals surface area contributed by atoms with Crippen LogP contribution in [0.1, 0.15) is 58.3 Å². The summed E-state index contributed by atoms with van der Waals surface area (Å²) < 4.78 is 5.05. The third-order valence-electron chi connectivity index (χ3n) is 3.68. The first-order valence-electron chi connectivity index (χ1n) is 7.03. The predicted molar refractivity (Wildman–Crippen MR) is 68.2 cm³/mol. The Morgan fingerprint density at radius 3 is 2.50 bits per heavy atom. The maximum atomic E-state index is 11.6. The summed E-state index contributed by atoms with van der Waals surface area (Å²) in [6.45, 7) is 2.43. The first kappa shape index (κ1) is 15.0. The molecule has 18 heavy (non-hydrogen) atoms. The van der Waals surface area contributed by atoms with Crippen molar-refractivity contribution in [3.63, 3.8) is 0 Å². The first-order valence-corrected chi connectivity index (χ1v) is 7.03. The van der Waals surface area contributed by atoms with Gasteiger partial charge in [-0.25, -0.2) is 0 Å². The SMILES string of the molecule is CCCCOC(=O)CC(C(=O)O)C1CCCCC1. The fourth-order valence-corrected chi connectivity index (χ4v) is 2.56. The molecule has 0 aliphatic heterocycles. The summed E-state index contributed by atoms with van der Waals surface area (Å²) in [4.78, 5) is 22.8. The van der Waals surface area contributed by atoms with Crippen molar-refractivity contribution in [2.75, 3.05) is 6.61 Å². The molecule has 0 amide bonds. The van der Waals surface area contributed by atoms with E-state index < -0.39 is 11.9 Å². The van der Waals surface area contributed by atoms with E-state index in [0.29, 0.717) is 6.61 Å². The molecular weight excluding hydrogens is 232 g/mol. The standard InChI is InChI=1S/C14H24O4/c1-2-3-9-18-13(15)10-12(14(16)17)11-7-5-4-6-8-11/h11-12H,2-10H2,1H3,(H,16,17). The Labute approximate surface area is 109 Å². The molecule has 0 saturated heterocycles. The topological polar surface area (TPSA) is 63.6 Å². The summed E-state index contributed by atoms with van der Waals surface area (Å²) in [7, 11) is 0. The van der Waals surface area contributed by atoms with Gasteiger partial charge in [0.05, 0.1) is 18.9 Å². The molecular formula is C14H24O4. The number of carboxylic acid groups (broad SMARTS) is 1. The van der Waals surface area contributed by atoms with E-state index in [1.165, 1.54) is 6.42 Å². The van der Waals surface area contributed by atoms with Crippen LogP contribution in [0.25, 0.3) is 0 Å². The highest BCUT2D eigenvalue weighted by molar-refractivity contribution is 5.79. The van der Waals surface area contributed by atoms with Crippen molar-refractivity contribution in [1.82, 2.24) is 0 Å². The number of hydrogen-bond donors (Lipinski definition) is 1. The second kappa shape index (κ2) is 8.11. The lowest BCUT2D eigenvalue weighted by molar-refractivity contribution is -0.153. The molecule has 4 nitrogen and oxygen atoms in total. The van der Waals surface area contributed by atoms with E-state index in [-0.39, 0.29) is 18.3 Å². The molecule has 4 heteroatoms. The number of rotatable bonds is 7. The lowest BCUT2D eigenvalue weighted by Gasteiger charge is -2.26. The first-order chi connectivity index (χ1) is 8.65. The van der Waals surface area contributed by atoms with Crippen LogP contribution >= 0.6 is 0 Å². The number of carboxylic acids is 1. The van der Waals surface area contributed by atoms with Crippen molar-refractivity contribution in [3.05, 3.63) is 0 Å². The average molecular weight is 256 g/mol. The van der Waals surface area contributed by atoms with E-state index in [4.69, 9.17) is 4.74 Å². The quantitative estimate of drug-likeness (QED) is 0.562. The monoisotopic (exact) mass is 256 g/mol. The van der Waals surface area contributed by atoms with Crippen LogP contribution in [-0.4, -0.2) is 23.7 Å². The molecule has 0 spiro atoms. The van der Waals surface area contributed by atoms with Crippen LogP contribution in [-0.2, 0) is 14.3 Å². The van der Waals surface area contributed by atoms with Crippen molar-refractivity contribution in [3.8, 4) is 0 Å². The van der Waals surface area contributed by atoms with Crippen LogP contribution in [0.5, 0.6) is 0 Å². The van der Waals surface area contributed by atoms with Gasteiger partial charge >= 0.3 is 11.9 Å². The molecule has 0 aromatic rings. The minimum atomic E-state index is -0.852. The number of aliphatic carboxylic acids is 1. The number of esters is 1. The largest absolute Gasteiger partial charge is 0.481 e. The molecule has 0 heterocycles. The summed E-state index contributed by atoms with van der Waals surface area (Å²) in [6, 6.07) is 0. The van der Waals surface area contributed by atoms with Crippen molar-refractivity contribution in [2.24, 2.45) is 11.8 Å². The molecule has 0 radical (unpaired) electrons. The summed E-state index contributed by atoms with van der Waals surface area (Å²) in [6.07, 6.45) is 7.05. The summed E-state index contributed by atoms with van der Waals surface area (Å²) in [5.41, 5.74) is 0. The van der Waals surface area contributed by atoms with E-state index in [0.717, 1.165) is 38.5 Å². The van der Waals surface area contributed by atoms with Gasteiger partial charge in [-0.2, -0.15) is 0 Å². The predicted octanol–water partition coefficient (Wildman–Crippen LogP) is 3.00. The second-order valence-corrected chi connectivity index (χ2v) is 5.12. The maximum Gasteiger partial charge on any atom is 0.307 e. The van der Waals surface area contributed by atoms with Gasteiger partial charge in [0, 0.05) is 0 Å². The Bertz CT molecular complexity index is 269.